The van der Waals surface area contributed by atoms with Crippen LogP contribution in [0, 0.1) is 5.82 Å². The van der Waals surface area contributed by atoms with E-state index in [4.69, 9.17) is 4.74 Å². The summed E-state index contributed by atoms with van der Waals surface area (Å²) < 4.78 is 39.6. The van der Waals surface area contributed by atoms with Crippen LogP contribution in [0.25, 0.3) is 0 Å². The maximum atomic E-state index is 14.6. The number of carbonyl (C=O) groups excluding carboxylic acids is 2. The highest BCUT2D eigenvalue weighted by Crippen LogP contribution is 2.33. The summed E-state index contributed by atoms with van der Waals surface area (Å²) in [6, 6.07) is -1.09. The first-order valence-electron chi connectivity index (χ1n) is 11.3. The number of thiazole rings is 1. The van der Waals surface area contributed by atoms with E-state index in [0.717, 1.165) is 23.7 Å². The van der Waals surface area contributed by atoms with Crippen molar-refractivity contribution in [1.82, 2.24) is 14.7 Å². The number of urea groups is 1. The summed E-state index contributed by atoms with van der Waals surface area (Å²) >= 11 is 0.821. The number of aliphatic hydroxyl groups is 1. The van der Waals surface area contributed by atoms with E-state index in [0.29, 0.717) is 5.69 Å². The predicted molar refractivity (Wildman–Crippen MR) is 137 cm³/mol. The second-order valence-electron chi connectivity index (χ2n) is 10.3. The molecular weight excluding hydrogens is 509 g/mol. The van der Waals surface area contributed by atoms with Gasteiger partial charge in [-0.15, -0.1) is 15.7 Å². The molecular formula is C23H34FN5O5S2. The van der Waals surface area contributed by atoms with Crippen LogP contribution in [0.5, 0.6) is 0 Å². The molecule has 0 aliphatic carbocycles. The Hall–Kier alpha value is -2.64. The van der Waals surface area contributed by atoms with Crippen molar-refractivity contribution in [2.75, 3.05) is 5.32 Å². The number of hydrogen-bond donors (Lipinski definition) is 3. The first-order chi connectivity index (χ1) is 16.3. The summed E-state index contributed by atoms with van der Waals surface area (Å²) in [7, 11) is -3.96. The topological polar surface area (TPSA) is 143 Å². The zero-order chi connectivity index (χ0) is 27.6. The Kier molecular flexibility index (Phi) is 8.85. The van der Waals surface area contributed by atoms with E-state index in [1.807, 2.05) is 13.8 Å². The number of carbonyl (C=O) groups is 2. The van der Waals surface area contributed by atoms with Crippen molar-refractivity contribution in [2.45, 2.75) is 89.6 Å². The van der Waals surface area contributed by atoms with E-state index in [2.05, 4.69) is 24.4 Å². The van der Waals surface area contributed by atoms with Crippen LogP contribution in [0.4, 0.5) is 19.7 Å². The van der Waals surface area contributed by atoms with Gasteiger partial charge in [-0.3, -0.25) is 4.98 Å². The summed E-state index contributed by atoms with van der Waals surface area (Å²) in [5.41, 5.74) is -1.48. The van der Waals surface area contributed by atoms with Gasteiger partial charge in [-0.2, -0.15) is 0 Å². The fourth-order valence-corrected chi connectivity index (χ4v) is 5.65. The number of amides is 3. The van der Waals surface area contributed by atoms with Crippen molar-refractivity contribution in [3.8, 4) is 0 Å². The summed E-state index contributed by atoms with van der Waals surface area (Å²) in [5, 5.41) is 13.0. The van der Waals surface area contributed by atoms with E-state index in [1.165, 1.54) is 13.8 Å². The molecule has 0 aliphatic heterocycles. The highest BCUT2D eigenvalue weighted by molar-refractivity contribution is 7.94. The molecule has 0 fully saturated rings. The molecule has 2 heterocycles. The Morgan fingerprint density at radius 3 is 2.19 bits per heavy atom. The molecule has 36 heavy (non-hydrogen) atoms. The standard InChI is InChI=1S/C23H34FN5O5S2/c1-12(2)16-14(24)10-25-17(13(3)4)18(16)27-20(30)28-36(33,29-21(31)34-22(5,6)7)15-11-26-19(35-15)23(8,9)32/h10-13,32H,1-9H3,(H2,27,28,29,30,31,33). The first-order valence-corrected chi connectivity index (χ1v) is 13.6. The SMILES string of the molecule is CC(C)c1ncc(F)c(C(C)C)c1NC(=O)N=S(=O)(NC(=O)OC(C)(C)C)c1cnc(C(C)(C)O)s1. The minimum Gasteiger partial charge on any atom is -0.443 e. The lowest BCUT2D eigenvalue weighted by atomic mass is 9.96. The van der Waals surface area contributed by atoms with Gasteiger partial charge in [-0.05, 0) is 46.5 Å². The Morgan fingerprint density at radius 1 is 1.11 bits per heavy atom. The highest BCUT2D eigenvalue weighted by Gasteiger charge is 2.29. The maximum Gasteiger partial charge on any atom is 0.420 e. The molecule has 1 unspecified atom stereocenters. The van der Waals surface area contributed by atoms with Gasteiger partial charge in [0.1, 0.15) is 26.2 Å². The van der Waals surface area contributed by atoms with Crippen molar-refractivity contribution in [3.05, 3.63) is 34.5 Å². The van der Waals surface area contributed by atoms with Gasteiger partial charge in [-0.1, -0.05) is 27.7 Å². The zero-order valence-electron chi connectivity index (χ0n) is 21.9. The Balaban J connectivity index is 2.62. The van der Waals surface area contributed by atoms with Crippen molar-refractivity contribution < 1.29 is 28.0 Å². The molecule has 2 aromatic rings. The molecule has 1 atom stereocenters. The number of nitrogens with one attached hydrogen (secondary N) is 2. The van der Waals surface area contributed by atoms with E-state index < -0.39 is 39.1 Å². The highest BCUT2D eigenvalue weighted by atomic mass is 32.2. The van der Waals surface area contributed by atoms with Gasteiger partial charge in [-0.25, -0.2) is 27.9 Å². The van der Waals surface area contributed by atoms with Gasteiger partial charge in [0.05, 0.1) is 23.8 Å². The molecule has 2 aromatic heterocycles. The zero-order valence-corrected chi connectivity index (χ0v) is 23.6. The van der Waals surface area contributed by atoms with Crippen LogP contribution in [0.15, 0.2) is 21.0 Å². The van der Waals surface area contributed by atoms with Gasteiger partial charge in [0.15, 0.2) is 9.92 Å². The van der Waals surface area contributed by atoms with Crippen molar-refractivity contribution in [3.63, 3.8) is 0 Å². The second-order valence-corrected chi connectivity index (χ2v) is 13.5. The third-order valence-corrected chi connectivity index (χ3v) is 8.12. The maximum absolute atomic E-state index is 14.6. The quantitative estimate of drug-likeness (QED) is 0.427. The lowest BCUT2D eigenvalue weighted by Crippen LogP contribution is -2.36. The number of nitrogens with zero attached hydrogens (tertiary/aromatic N) is 3. The molecule has 3 N–H and O–H groups in total. The van der Waals surface area contributed by atoms with Crippen LogP contribution in [-0.2, 0) is 20.3 Å². The fourth-order valence-electron chi connectivity index (χ4n) is 3.10. The van der Waals surface area contributed by atoms with E-state index >= 15 is 0 Å². The number of rotatable bonds is 6. The van der Waals surface area contributed by atoms with Crippen molar-refractivity contribution >= 4 is 39.1 Å². The van der Waals surface area contributed by atoms with Crippen LogP contribution in [0.1, 0.15) is 90.4 Å². The number of hydrogen-bond acceptors (Lipinski definition) is 8. The molecule has 2 rings (SSSR count). The van der Waals surface area contributed by atoms with Gasteiger partial charge < -0.3 is 15.2 Å². The molecule has 0 aromatic carbocycles. The lowest BCUT2D eigenvalue weighted by molar-refractivity contribution is 0.0571. The molecule has 0 saturated heterocycles. The minimum absolute atomic E-state index is 0.0776. The largest absolute Gasteiger partial charge is 0.443 e. The summed E-state index contributed by atoms with van der Waals surface area (Å²) in [6.07, 6.45) is 1.19. The van der Waals surface area contributed by atoms with Gasteiger partial charge in [0.2, 0.25) is 0 Å². The fraction of sp³-hybridized carbons (Fsp3) is 0.565. The Labute approximate surface area is 215 Å². The monoisotopic (exact) mass is 543 g/mol. The molecule has 10 nitrogen and oxygen atoms in total. The van der Waals surface area contributed by atoms with Crippen molar-refractivity contribution in [1.29, 1.82) is 0 Å². The van der Waals surface area contributed by atoms with Gasteiger partial charge in [0.25, 0.3) is 0 Å². The first kappa shape index (κ1) is 29.6. The normalized spacial score (nSPS) is 13.9. The van der Waals surface area contributed by atoms with Crippen LogP contribution in [-0.4, -0.2) is 37.0 Å². The number of halogens is 1. The van der Waals surface area contributed by atoms with Crippen LogP contribution in [0.3, 0.4) is 0 Å². The van der Waals surface area contributed by atoms with E-state index in [1.54, 1.807) is 34.6 Å². The molecule has 0 spiro atoms. The Morgan fingerprint density at radius 2 is 1.72 bits per heavy atom. The van der Waals surface area contributed by atoms with Gasteiger partial charge >= 0.3 is 12.1 Å². The smallest absolute Gasteiger partial charge is 0.420 e. The molecule has 0 radical (unpaired) electrons. The molecule has 200 valence electrons. The van der Waals surface area contributed by atoms with E-state index in [-0.39, 0.29) is 32.3 Å². The molecule has 0 bridgehead atoms. The third kappa shape index (κ3) is 7.43. The summed E-state index contributed by atoms with van der Waals surface area (Å²) in [5.74, 6) is -1.08. The van der Waals surface area contributed by atoms with E-state index in [9.17, 15) is 23.3 Å². The van der Waals surface area contributed by atoms with Gasteiger partial charge in [0, 0.05) is 5.56 Å². The third-order valence-electron chi connectivity index (χ3n) is 4.57. The second kappa shape index (κ2) is 10.8. The molecule has 0 aliphatic rings. The predicted octanol–water partition coefficient (Wildman–Crippen LogP) is 5.65. The molecule has 3 amide bonds. The van der Waals surface area contributed by atoms with Crippen LogP contribution < -0.4 is 10.0 Å². The van der Waals surface area contributed by atoms with Crippen molar-refractivity contribution in [2.24, 2.45) is 4.36 Å². The minimum atomic E-state index is -3.96. The van der Waals surface area contributed by atoms with Crippen LogP contribution >= 0.6 is 11.3 Å². The average Bonchev–Trinajstić information content (AvgIpc) is 3.17. The van der Waals surface area contributed by atoms with Crippen LogP contribution in [0.2, 0.25) is 0 Å². The number of aromatic nitrogens is 2. The number of pyridine rings is 1. The number of ether oxygens (including phenoxy) is 1. The summed E-state index contributed by atoms with van der Waals surface area (Å²) in [6.45, 7) is 15.0. The Bertz CT molecular complexity index is 1250. The molecule has 13 heteroatoms. The average molecular weight is 544 g/mol. The lowest BCUT2D eigenvalue weighted by Gasteiger charge is -2.21. The summed E-state index contributed by atoms with van der Waals surface area (Å²) in [4.78, 5) is 33.7. The number of anilines is 1. The molecule has 0 saturated carbocycles.